The van der Waals surface area contributed by atoms with Crippen LogP contribution in [0.1, 0.15) is 62.9 Å². The molecule has 5 heteroatoms. The Balaban J connectivity index is 1.70. The van der Waals surface area contributed by atoms with Crippen molar-refractivity contribution in [3.8, 4) is 0 Å². The van der Waals surface area contributed by atoms with Crippen LogP contribution < -0.4 is 0 Å². The zero-order valence-electron chi connectivity index (χ0n) is 13.5. The van der Waals surface area contributed by atoms with E-state index in [9.17, 15) is 4.79 Å². The van der Waals surface area contributed by atoms with Gasteiger partial charge in [0.25, 0.3) is 0 Å². The molecule has 2 fully saturated rings. The van der Waals surface area contributed by atoms with Crippen LogP contribution in [0.3, 0.4) is 0 Å². The smallest absolute Gasteiger partial charge is 0.240 e. The minimum absolute atomic E-state index is 0.0127. The van der Waals surface area contributed by atoms with Gasteiger partial charge < -0.3 is 4.90 Å². The number of aromatic nitrogens is 1. The second kappa shape index (κ2) is 7.55. The lowest BCUT2D eigenvalue weighted by atomic mass is 10.0. The quantitative estimate of drug-likeness (QED) is 0.855. The van der Waals surface area contributed by atoms with E-state index in [1.54, 1.807) is 11.3 Å². The number of amides is 1. The van der Waals surface area contributed by atoms with Gasteiger partial charge in [-0.25, -0.2) is 4.98 Å². The molecule has 0 aliphatic carbocycles. The first kappa shape index (κ1) is 15.9. The molecular weight excluding hydrogens is 294 g/mol. The zero-order valence-corrected chi connectivity index (χ0v) is 14.4. The van der Waals surface area contributed by atoms with Crippen LogP contribution in [0.25, 0.3) is 0 Å². The second-order valence-electron chi connectivity index (χ2n) is 6.54. The van der Waals surface area contributed by atoms with E-state index >= 15 is 0 Å². The van der Waals surface area contributed by atoms with Crippen molar-refractivity contribution in [2.24, 2.45) is 0 Å². The van der Waals surface area contributed by atoms with Gasteiger partial charge in [-0.05, 0) is 52.1 Å². The number of piperidine rings is 1. The first-order chi connectivity index (χ1) is 10.8. The highest BCUT2D eigenvalue weighted by atomic mass is 32.1. The van der Waals surface area contributed by atoms with E-state index in [0.29, 0.717) is 5.91 Å². The Hall–Kier alpha value is -0.940. The number of thiazole rings is 1. The lowest BCUT2D eigenvalue weighted by molar-refractivity contribution is -0.140. The fraction of sp³-hybridized carbons (Fsp3) is 0.765. The summed E-state index contributed by atoms with van der Waals surface area (Å²) in [6, 6.07) is 0.217. The molecule has 3 heterocycles. The summed E-state index contributed by atoms with van der Waals surface area (Å²) in [5.74, 6) is 0.307. The maximum absolute atomic E-state index is 13.1. The van der Waals surface area contributed by atoms with Crippen LogP contribution in [0.2, 0.25) is 0 Å². The third-order valence-electron chi connectivity index (χ3n) is 5.07. The van der Waals surface area contributed by atoms with Gasteiger partial charge >= 0.3 is 0 Å². The molecule has 2 aliphatic heterocycles. The standard InChI is InChI=1S/C17H27N3OS/c1-14(19-10-5-2-3-6-11-19)17(21)20-12-7-4-8-15(20)16-18-9-13-22-16/h9,13-15H,2-8,10-12H2,1H3/t14-,15-/m0/s1. The summed E-state index contributed by atoms with van der Waals surface area (Å²) in [7, 11) is 0. The molecule has 3 rings (SSSR count). The van der Waals surface area contributed by atoms with Gasteiger partial charge in [0.05, 0.1) is 12.1 Å². The Labute approximate surface area is 137 Å². The summed E-state index contributed by atoms with van der Waals surface area (Å²) in [5.41, 5.74) is 0. The Morgan fingerprint density at radius 3 is 2.59 bits per heavy atom. The van der Waals surface area contributed by atoms with Gasteiger partial charge in [0.15, 0.2) is 0 Å². The molecule has 2 aliphatic rings. The number of rotatable bonds is 3. The molecular formula is C17H27N3OS. The summed E-state index contributed by atoms with van der Waals surface area (Å²) in [6.07, 6.45) is 10.3. The average Bonchev–Trinajstić information content (AvgIpc) is 2.96. The van der Waals surface area contributed by atoms with Gasteiger partial charge in [-0.15, -0.1) is 11.3 Å². The molecule has 22 heavy (non-hydrogen) atoms. The van der Waals surface area contributed by atoms with Gasteiger partial charge in [0.2, 0.25) is 5.91 Å². The Morgan fingerprint density at radius 2 is 1.91 bits per heavy atom. The lowest BCUT2D eigenvalue weighted by Crippen LogP contribution is -2.49. The summed E-state index contributed by atoms with van der Waals surface area (Å²) in [6.45, 7) is 5.13. The molecule has 122 valence electrons. The Morgan fingerprint density at radius 1 is 1.18 bits per heavy atom. The van der Waals surface area contributed by atoms with Crippen molar-refractivity contribution in [3.63, 3.8) is 0 Å². The predicted molar refractivity (Wildman–Crippen MR) is 89.9 cm³/mol. The topological polar surface area (TPSA) is 36.4 Å². The number of nitrogens with zero attached hydrogens (tertiary/aromatic N) is 3. The van der Waals surface area contributed by atoms with Gasteiger partial charge in [0.1, 0.15) is 5.01 Å². The normalized spacial score (nSPS) is 25.7. The fourth-order valence-electron chi connectivity index (χ4n) is 3.73. The number of carbonyl (C=O) groups excluding carboxylic acids is 1. The summed E-state index contributed by atoms with van der Waals surface area (Å²) in [5, 5.41) is 3.13. The number of likely N-dealkylation sites (tertiary alicyclic amines) is 2. The summed E-state index contributed by atoms with van der Waals surface area (Å²) < 4.78 is 0. The predicted octanol–water partition coefficient (Wildman–Crippen LogP) is 3.46. The van der Waals surface area contributed by atoms with Crippen LogP contribution in [-0.4, -0.2) is 46.4 Å². The number of carbonyl (C=O) groups is 1. The highest BCUT2D eigenvalue weighted by Crippen LogP contribution is 2.33. The first-order valence-electron chi connectivity index (χ1n) is 8.71. The maximum Gasteiger partial charge on any atom is 0.240 e. The highest BCUT2D eigenvalue weighted by molar-refractivity contribution is 7.09. The maximum atomic E-state index is 13.1. The summed E-state index contributed by atoms with van der Waals surface area (Å²) >= 11 is 1.68. The summed E-state index contributed by atoms with van der Waals surface area (Å²) in [4.78, 5) is 22.0. The Kier molecular flexibility index (Phi) is 5.47. The van der Waals surface area contributed by atoms with Crippen molar-refractivity contribution in [2.75, 3.05) is 19.6 Å². The largest absolute Gasteiger partial charge is 0.332 e. The van der Waals surface area contributed by atoms with E-state index in [2.05, 4.69) is 21.7 Å². The van der Waals surface area contributed by atoms with Crippen LogP contribution in [0, 0.1) is 0 Å². The lowest BCUT2D eigenvalue weighted by Gasteiger charge is -2.38. The zero-order chi connectivity index (χ0) is 15.4. The SMILES string of the molecule is C[C@@H](C(=O)N1CCCC[C@H]1c1nccs1)N1CCCCCC1. The molecule has 1 amide bonds. The van der Waals surface area contributed by atoms with Crippen molar-refractivity contribution < 1.29 is 4.79 Å². The van der Waals surface area contributed by atoms with Gasteiger partial charge in [-0.2, -0.15) is 0 Å². The van der Waals surface area contributed by atoms with Gasteiger partial charge in [0, 0.05) is 18.1 Å². The molecule has 0 unspecified atom stereocenters. The number of hydrogen-bond donors (Lipinski definition) is 0. The minimum Gasteiger partial charge on any atom is -0.332 e. The van der Waals surface area contributed by atoms with Gasteiger partial charge in [-0.3, -0.25) is 9.69 Å². The van der Waals surface area contributed by atoms with Crippen LogP contribution in [0.15, 0.2) is 11.6 Å². The third-order valence-corrected chi connectivity index (χ3v) is 5.94. The van der Waals surface area contributed by atoms with Crippen molar-refractivity contribution in [2.45, 2.75) is 64.0 Å². The van der Waals surface area contributed by atoms with Gasteiger partial charge in [-0.1, -0.05) is 12.8 Å². The Bertz CT molecular complexity index is 468. The van der Waals surface area contributed by atoms with Crippen molar-refractivity contribution in [1.82, 2.24) is 14.8 Å². The highest BCUT2D eigenvalue weighted by Gasteiger charge is 2.34. The molecule has 0 spiro atoms. The molecule has 1 aromatic rings. The molecule has 2 atom stereocenters. The first-order valence-corrected chi connectivity index (χ1v) is 9.59. The van der Waals surface area contributed by atoms with Crippen molar-refractivity contribution in [1.29, 1.82) is 0 Å². The molecule has 0 saturated carbocycles. The third kappa shape index (κ3) is 3.51. The van der Waals surface area contributed by atoms with E-state index in [1.807, 2.05) is 11.6 Å². The monoisotopic (exact) mass is 321 g/mol. The molecule has 4 nitrogen and oxygen atoms in total. The van der Waals surface area contributed by atoms with Crippen LogP contribution in [-0.2, 0) is 4.79 Å². The van der Waals surface area contributed by atoms with E-state index in [0.717, 1.165) is 37.5 Å². The molecule has 0 radical (unpaired) electrons. The second-order valence-corrected chi connectivity index (χ2v) is 7.47. The van der Waals surface area contributed by atoms with Crippen LogP contribution in [0.5, 0.6) is 0 Å². The molecule has 0 N–H and O–H groups in total. The van der Waals surface area contributed by atoms with Crippen LogP contribution >= 0.6 is 11.3 Å². The fourth-order valence-corrected chi connectivity index (χ4v) is 4.51. The molecule has 1 aromatic heterocycles. The van der Waals surface area contributed by atoms with Crippen LogP contribution in [0.4, 0.5) is 0 Å². The van der Waals surface area contributed by atoms with E-state index < -0.39 is 0 Å². The van der Waals surface area contributed by atoms with Crippen molar-refractivity contribution in [3.05, 3.63) is 16.6 Å². The van der Waals surface area contributed by atoms with E-state index in [4.69, 9.17) is 0 Å². The van der Waals surface area contributed by atoms with Crippen molar-refractivity contribution >= 4 is 17.2 Å². The molecule has 0 bridgehead atoms. The van der Waals surface area contributed by atoms with E-state index in [1.165, 1.54) is 32.1 Å². The molecule has 2 saturated heterocycles. The minimum atomic E-state index is 0.0127. The molecule has 0 aromatic carbocycles. The van der Waals surface area contributed by atoms with E-state index in [-0.39, 0.29) is 12.1 Å². The number of hydrogen-bond acceptors (Lipinski definition) is 4. The average molecular weight is 321 g/mol.